The molecule has 0 aliphatic rings. The Labute approximate surface area is 215 Å². The highest BCUT2D eigenvalue weighted by atomic mass is 16.5. The van der Waals surface area contributed by atoms with Crippen LogP contribution >= 0.6 is 0 Å². The van der Waals surface area contributed by atoms with E-state index in [0.29, 0.717) is 31.7 Å². The second kappa shape index (κ2) is 14.1. The van der Waals surface area contributed by atoms with Crippen molar-refractivity contribution < 1.29 is 19.1 Å². The quantitative estimate of drug-likeness (QED) is 0.428. The lowest BCUT2D eigenvalue weighted by atomic mass is 10.0. The third kappa shape index (κ3) is 8.29. The fourth-order valence-electron chi connectivity index (χ4n) is 3.76. The van der Waals surface area contributed by atoms with E-state index >= 15 is 0 Å². The second-order valence-corrected chi connectivity index (χ2v) is 9.27. The van der Waals surface area contributed by atoms with Gasteiger partial charge >= 0.3 is 0 Å². The van der Waals surface area contributed by atoms with Crippen LogP contribution < -0.4 is 15.0 Å². The molecule has 8 heteroatoms. The van der Waals surface area contributed by atoms with Crippen molar-refractivity contribution >= 4 is 23.4 Å². The monoisotopic (exact) mass is 496 g/mol. The maximum Gasteiger partial charge on any atom is 0.251 e. The van der Waals surface area contributed by atoms with Gasteiger partial charge in [0, 0.05) is 44.9 Å². The molecule has 0 aliphatic heterocycles. The van der Waals surface area contributed by atoms with Gasteiger partial charge in [0.15, 0.2) is 0 Å². The van der Waals surface area contributed by atoms with Gasteiger partial charge in [-0.3, -0.25) is 14.4 Å². The predicted octanol–water partition coefficient (Wildman–Crippen LogP) is 3.63. The zero-order chi connectivity index (χ0) is 26.7. The number of carbonyl (C=O) groups excluding carboxylic acids is 3. The zero-order valence-corrected chi connectivity index (χ0v) is 22.4. The third-order valence-corrected chi connectivity index (χ3v) is 6.05. The summed E-state index contributed by atoms with van der Waals surface area (Å²) in [7, 11) is 5.15. The number of hydrogen-bond acceptors (Lipinski definition) is 5. The van der Waals surface area contributed by atoms with Crippen molar-refractivity contribution in [3.63, 3.8) is 0 Å². The number of carbonyl (C=O) groups is 3. The molecule has 2 aromatic rings. The molecule has 196 valence electrons. The zero-order valence-electron chi connectivity index (χ0n) is 22.4. The Morgan fingerprint density at radius 2 is 1.56 bits per heavy atom. The van der Waals surface area contributed by atoms with Crippen LogP contribution in [0.4, 0.5) is 5.69 Å². The van der Waals surface area contributed by atoms with Gasteiger partial charge in [0.2, 0.25) is 11.8 Å². The molecule has 2 aromatic carbocycles. The number of anilines is 1. The van der Waals surface area contributed by atoms with Gasteiger partial charge < -0.3 is 24.8 Å². The first-order valence-electron chi connectivity index (χ1n) is 12.4. The van der Waals surface area contributed by atoms with E-state index in [1.807, 2.05) is 51.1 Å². The van der Waals surface area contributed by atoms with Gasteiger partial charge in [0.05, 0.1) is 13.8 Å². The van der Waals surface area contributed by atoms with Crippen molar-refractivity contribution in [3.8, 4) is 5.75 Å². The van der Waals surface area contributed by atoms with Crippen LogP contribution in [0.15, 0.2) is 54.6 Å². The Morgan fingerprint density at radius 3 is 2.11 bits per heavy atom. The van der Waals surface area contributed by atoms with E-state index in [0.717, 1.165) is 17.9 Å². The lowest BCUT2D eigenvalue weighted by Crippen LogP contribution is -2.51. The third-order valence-electron chi connectivity index (χ3n) is 6.05. The summed E-state index contributed by atoms with van der Waals surface area (Å²) in [5.41, 5.74) is 1.44. The highest BCUT2D eigenvalue weighted by molar-refractivity contribution is 5.97. The van der Waals surface area contributed by atoms with Crippen molar-refractivity contribution in [2.24, 2.45) is 5.92 Å². The van der Waals surface area contributed by atoms with Crippen molar-refractivity contribution in [1.82, 2.24) is 15.1 Å². The molecular formula is C28H40N4O4. The molecule has 1 N–H and O–H groups in total. The Kier molecular flexibility index (Phi) is 11.2. The highest BCUT2D eigenvalue weighted by Crippen LogP contribution is 2.20. The predicted molar refractivity (Wildman–Crippen MR) is 143 cm³/mol. The molecule has 0 radical (unpaired) electrons. The van der Waals surface area contributed by atoms with E-state index in [1.54, 1.807) is 55.3 Å². The van der Waals surface area contributed by atoms with Gasteiger partial charge in [-0.2, -0.15) is 0 Å². The number of methoxy groups -OCH3 is 1. The van der Waals surface area contributed by atoms with Crippen molar-refractivity contribution in [3.05, 3.63) is 60.2 Å². The van der Waals surface area contributed by atoms with Crippen LogP contribution in [0.2, 0.25) is 0 Å². The molecule has 2 rings (SSSR count). The molecule has 8 nitrogen and oxygen atoms in total. The number of amides is 3. The molecule has 0 saturated carbocycles. The maximum atomic E-state index is 13.3. The fourth-order valence-corrected chi connectivity index (χ4v) is 3.76. The van der Waals surface area contributed by atoms with Crippen LogP contribution in [-0.4, -0.2) is 74.5 Å². The lowest BCUT2D eigenvalue weighted by Gasteiger charge is -2.33. The summed E-state index contributed by atoms with van der Waals surface area (Å²) in [5.74, 6) is 0.314. The number of nitrogens with zero attached hydrogens (tertiary/aromatic N) is 3. The van der Waals surface area contributed by atoms with E-state index in [-0.39, 0.29) is 23.6 Å². The molecule has 0 aliphatic carbocycles. The summed E-state index contributed by atoms with van der Waals surface area (Å²) >= 11 is 0. The van der Waals surface area contributed by atoms with E-state index < -0.39 is 6.04 Å². The Hall–Kier alpha value is -3.55. The summed E-state index contributed by atoms with van der Waals surface area (Å²) in [6, 6.07) is 15.9. The molecule has 0 spiro atoms. The minimum absolute atomic E-state index is 0.0731. The van der Waals surface area contributed by atoms with E-state index in [1.165, 1.54) is 0 Å². The van der Waals surface area contributed by atoms with Gasteiger partial charge in [0.1, 0.15) is 11.8 Å². The summed E-state index contributed by atoms with van der Waals surface area (Å²) in [5, 5.41) is 2.90. The minimum atomic E-state index is -0.647. The first-order valence-corrected chi connectivity index (χ1v) is 12.4. The fraction of sp³-hybridized carbons (Fsp3) is 0.464. The average molecular weight is 497 g/mol. The SMILES string of the molecule is CCCC(=O)N(C)CN(CCN(C)C(=O)[C@H](NC(=O)c1ccccc1)C(C)C)c1ccc(OC)cc1. The van der Waals surface area contributed by atoms with Crippen LogP contribution in [0.3, 0.4) is 0 Å². The first-order chi connectivity index (χ1) is 17.2. The molecule has 3 amide bonds. The first kappa shape index (κ1) is 28.7. The van der Waals surface area contributed by atoms with Crippen LogP contribution in [0, 0.1) is 5.92 Å². The van der Waals surface area contributed by atoms with E-state index in [2.05, 4.69) is 10.2 Å². The van der Waals surface area contributed by atoms with Crippen molar-refractivity contribution in [1.29, 1.82) is 0 Å². The summed E-state index contributed by atoms with van der Waals surface area (Å²) < 4.78 is 5.27. The number of nitrogens with one attached hydrogen (secondary N) is 1. The number of hydrogen-bond donors (Lipinski definition) is 1. The van der Waals surface area contributed by atoms with Gasteiger partial charge in [-0.05, 0) is 48.7 Å². The Morgan fingerprint density at radius 1 is 0.917 bits per heavy atom. The topological polar surface area (TPSA) is 82.2 Å². The van der Waals surface area contributed by atoms with Crippen molar-refractivity contribution in [2.75, 3.05) is 45.9 Å². The molecule has 36 heavy (non-hydrogen) atoms. The van der Waals surface area contributed by atoms with Crippen LogP contribution in [0.1, 0.15) is 44.0 Å². The summed E-state index contributed by atoms with van der Waals surface area (Å²) in [6.07, 6.45) is 1.27. The highest BCUT2D eigenvalue weighted by Gasteiger charge is 2.27. The van der Waals surface area contributed by atoms with Crippen molar-refractivity contribution in [2.45, 2.75) is 39.7 Å². The largest absolute Gasteiger partial charge is 0.497 e. The van der Waals surface area contributed by atoms with Gasteiger partial charge in [-0.1, -0.05) is 39.0 Å². The van der Waals surface area contributed by atoms with Gasteiger partial charge in [0.25, 0.3) is 5.91 Å². The lowest BCUT2D eigenvalue weighted by molar-refractivity contribution is -0.133. The number of ether oxygens (including phenoxy) is 1. The second-order valence-electron chi connectivity index (χ2n) is 9.27. The number of rotatable bonds is 13. The van der Waals surface area contributed by atoms with Crippen LogP contribution in [-0.2, 0) is 9.59 Å². The Balaban J connectivity index is 2.11. The standard InChI is InChI=1S/C28H40N4O4/c1-7-11-25(33)31(5)20-32(23-14-16-24(36-6)17-15-23)19-18-30(4)28(35)26(21(2)3)29-27(34)22-12-9-8-10-13-22/h8-10,12-17,21,26H,7,11,18-20H2,1-6H3,(H,29,34)/t26-/m1/s1. The maximum absolute atomic E-state index is 13.3. The molecule has 0 unspecified atom stereocenters. The van der Waals surface area contributed by atoms with Gasteiger partial charge in [-0.15, -0.1) is 0 Å². The molecule has 0 bridgehead atoms. The molecule has 0 heterocycles. The summed E-state index contributed by atoms with van der Waals surface area (Å²) in [4.78, 5) is 43.8. The average Bonchev–Trinajstić information content (AvgIpc) is 2.89. The molecule has 0 aromatic heterocycles. The normalized spacial score (nSPS) is 11.5. The number of likely N-dealkylation sites (N-methyl/N-ethyl adjacent to an activating group) is 1. The molecular weight excluding hydrogens is 456 g/mol. The number of benzene rings is 2. The van der Waals surface area contributed by atoms with E-state index in [4.69, 9.17) is 4.74 Å². The van der Waals surface area contributed by atoms with E-state index in [9.17, 15) is 14.4 Å². The molecule has 0 fully saturated rings. The smallest absolute Gasteiger partial charge is 0.251 e. The molecule has 1 atom stereocenters. The van der Waals surface area contributed by atoms with Crippen LogP contribution in [0.5, 0.6) is 5.75 Å². The van der Waals surface area contributed by atoms with Crippen LogP contribution in [0.25, 0.3) is 0 Å². The molecule has 0 saturated heterocycles. The Bertz CT molecular complexity index is 979. The van der Waals surface area contributed by atoms with Gasteiger partial charge in [-0.25, -0.2) is 0 Å². The summed E-state index contributed by atoms with van der Waals surface area (Å²) in [6.45, 7) is 7.14. The minimum Gasteiger partial charge on any atom is -0.497 e.